The smallest absolute Gasteiger partial charge is 0.410 e. The van der Waals surface area contributed by atoms with Gasteiger partial charge >= 0.3 is 12.1 Å². The van der Waals surface area contributed by atoms with E-state index in [0.717, 1.165) is 30.5 Å². The van der Waals surface area contributed by atoms with E-state index >= 15 is 0 Å². The van der Waals surface area contributed by atoms with Crippen molar-refractivity contribution >= 4 is 12.1 Å². The summed E-state index contributed by atoms with van der Waals surface area (Å²) in [5, 5.41) is 3.03. The van der Waals surface area contributed by atoms with Crippen LogP contribution in [0.1, 0.15) is 37.7 Å². The summed E-state index contributed by atoms with van der Waals surface area (Å²) >= 11 is 0. The molecule has 2 atom stereocenters. The van der Waals surface area contributed by atoms with Crippen LogP contribution in [0, 0.1) is 0 Å². The molecule has 26 heavy (non-hydrogen) atoms. The van der Waals surface area contributed by atoms with E-state index in [0.29, 0.717) is 13.1 Å². The summed E-state index contributed by atoms with van der Waals surface area (Å²) in [7, 11) is 1.38. The van der Waals surface area contributed by atoms with Crippen molar-refractivity contribution in [1.82, 2.24) is 10.2 Å². The number of nitrogens with one attached hydrogen (secondary N) is 1. The maximum absolute atomic E-state index is 12.6. The van der Waals surface area contributed by atoms with Gasteiger partial charge in [-0.1, -0.05) is 36.9 Å². The van der Waals surface area contributed by atoms with Gasteiger partial charge in [-0.3, -0.25) is 4.79 Å². The largest absolute Gasteiger partial charge is 0.468 e. The Bertz CT molecular complexity index is 617. The van der Waals surface area contributed by atoms with E-state index < -0.39 is 5.92 Å². The van der Waals surface area contributed by atoms with Crippen molar-refractivity contribution in [2.45, 2.75) is 38.1 Å². The van der Waals surface area contributed by atoms with Gasteiger partial charge in [0.25, 0.3) is 0 Å². The number of hydrogen-bond acceptors (Lipinski definition) is 5. The van der Waals surface area contributed by atoms with E-state index in [1.54, 1.807) is 4.90 Å². The number of likely N-dealkylation sites (tertiary alicyclic amines) is 1. The van der Waals surface area contributed by atoms with E-state index in [1.165, 1.54) is 7.11 Å². The number of esters is 1. The van der Waals surface area contributed by atoms with Gasteiger partial charge in [0, 0.05) is 18.8 Å². The van der Waals surface area contributed by atoms with Crippen LogP contribution in [0.2, 0.25) is 0 Å². The number of nitrogens with zero attached hydrogens (tertiary/aromatic N) is 1. The van der Waals surface area contributed by atoms with Crippen molar-refractivity contribution in [2.75, 3.05) is 26.8 Å². The standard InChI is InChI=1S/C20H28N2O4/c1-15(2)21-12-14-26-20(24)22-13-8-7-11-17(22)18(19(23)25-3)16-9-5-4-6-10-16/h4-6,9-10,17-18,21H,1,7-8,11-14H2,2-3H3. The van der Waals surface area contributed by atoms with E-state index in [2.05, 4.69) is 11.9 Å². The van der Waals surface area contributed by atoms with Gasteiger partial charge in [0.2, 0.25) is 0 Å². The lowest BCUT2D eigenvalue weighted by atomic mass is 9.85. The lowest BCUT2D eigenvalue weighted by Crippen LogP contribution is -2.49. The minimum absolute atomic E-state index is 0.253. The third-order valence-electron chi connectivity index (χ3n) is 4.54. The second-order valence-corrected chi connectivity index (χ2v) is 6.49. The molecule has 0 aliphatic carbocycles. The molecule has 1 saturated heterocycles. The average Bonchev–Trinajstić information content (AvgIpc) is 2.66. The quantitative estimate of drug-likeness (QED) is 0.598. The Kier molecular flexibility index (Phi) is 7.51. The fraction of sp³-hybridized carbons (Fsp3) is 0.500. The first-order valence-corrected chi connectivity index (χ1v) is 9.00. The summed E-state index contributed by atoms with van der Waals surface area (Å²) in [6.07, 6.45) is 2.22. The molecule has 1 aromatic carbocycles. The lowest BCUT2D eigenvalue weighted by molar-refractivity contribution is -0.144. The zero-order valence-corrected chi connectivity index (χ0v) is 15.6. The predicted octanol–water partition coefficient (Wildman–Crippen LogP) is 3.06. The van der Waals surface area contributed by atoms with Gasteiger partial charge in [-0.2, -0.15) is 0 Å². The van der Waals surface area contributed by atoms with Crippen molar-refractivity contribution in [2.24, 2.45) is 0 Å². The molecule has 0 spiro atoms. The second kappa shape index (κ2) is 9.85. The van der Waals surface area contributed by atoms with Crippen molar-refractivity contribution in [3.8, 4) is 0 Å². The molecule has 0 bridgehead atoms. The highest BCUT2D eigenvalue weighted by Crippen LogP contribution is 2.32. The summed E-state index contributed by atoms with van der Waals surface area (Å²) < 4.78 is 10.4. The first kappa shape index (κ1) is 19.8. The van der Waals surface area contributed by atoms with Crippen LogP contribution in [0.3, 0.4) is 0 Å². The number of allylic oxidation sites excluding steroid dienone is 1. The molecule has 1 aromatic rings. The zero-order chi connectivity index (χ0) is 18.9. The predicted molar refractivity (Wildman–Crippen MR) is 99.7 cm³/mol. The van der Waals surface area contributed by atoms with E-state index in [9.17, 15) is 9.59 Å². The van der Waals surface area contributed by atoms with Crippen molar-refractivity contribution in [3.63, 3.8) is 0 Å². The molecule has 142 valence electrons. The highest BCUT2D eigenvalue weighted by molar-refractivity contribution is 5.80. The number of carbonyl (C=O) groups is 2. The Morgan fingerprint density at radius 1 is 1.31 bits per heavy atom. The molecule has 6 heteroatoms. The minimum Gasteiger partial charge on any atom is -0.468 e. The molecule has 1 aliphatic rings. The Balaban J connectivity index is 2.12. The van der Waals surface area contributed by atoms with Crippen LogP contribution in [0.25, 0.3) is 0 Å². The van der Waals surface area contributed by atoms with Crippen molar-refractivity contribution in [1.29, 1.82) is 0 Å². The highest BCUT2D eigenvalue weighted by Gasteiger charge is 2.39. The summed E-state index contributed by atoms with van der Waals surface area (Å²) in [6, 6.07) is 9.21. The molecule has 1 heterocycles. The molecule has 1 fully saturated rings. The number of hydrogen-bond donors (Lipinski definition) is 1. The van der Waals surface area contributed by atoms with E-state index in [-0.39, 0.29) is 24.7 Å². The van der Waals surface area contributed by atoms with Gasteiger partial charge in [0.05, 0.1) is 13.2 Å². The van der Waals surface area contributed by atoms with Crippen LogP contribution < -0.4 is 5.32 Å². The fourth-order valence-electron chi connectivity index (χ4n) is 3.32. The first-order chi connectivity index (χ1) is 12.5. The number of amides is 1. The third kappa shape index (κ3) is 5.25. The van der Waals surface area contributed by atoms with Crippen LogP contribution in [-0.2, 0) is 14.3 Å². The number of carbonyl (C=O) groups excluding carboxylic acids is 2. The molecule has 0 saturated carbocycles. The lowest BCUT2D eigenvalue weighted by Gasteiger charge is -2.38. The van der Waals surface area contributed by atoms with Crippen LogP contribution in [-0.4, -0.2) is 49.8 Å². The normalized spacial score (nSPS) is 17.9. The topological polar surface area (TPSA) is 67.9 Å². The van der Waals surface area contributed by atoms with E-state index in [1.807, 2.05) is 37.3 Å². The molecule has 1 amide bonds. The number of ether oxygens (including phenoxy) is 2. The van der Waals surface area contributed by atoms with Gasteiger partial charge < -0.3 is 19.7 Å². The number of benzene rings is 1. The van der Waals surface area contributed by atoms with Crippen LogP contribution in [0.15, 0.2) is 42.6 Å². The number of methoxy groups -OCH3 is 1. The first-order valence-electron chi connectivity index (χ1n) is 9.00. The van der Waals surface area contributed by atoms with Crippen molar-refractivity contribution in [3.05, 3.63) is 48.2 Å². The number of rotatable bonds is 7. The summed E-state index contributed by atoms with van der Waals surface area (Å²) in [5.74, 6) is -0.840. The van der Waals surface area contributed by atoms with E-state index in [4.69, 9.17) is 9.47 Å². The molecular formula is C20H28N2O4. The van der Waals surface area contributed by atoms with Crippen LogP contribution in [0.5, 0.6) is 0 Å². The summed E-state index contributed by atoms with van der Waals surface area (Å²) in [6.45, 7) is 6.94. The maximum Gasteiger partial charge on any atom is 0.410 e. The monoisotopic (exact) mass is 360 g/mol. The van der Waals surface area contributed by atoms with Crippen LogP contribution >= 0.6 is 0 Å². The maximum atomic E-state index is 12.6. The summed E-state index contributed by atoms with van der Waals surface area (Å²) in [4.78, 5) is 26.8. The molecule has 6 nitrogen and oxygen atoms in total. The Hall–Kier alpha value is -2.50. The molecule has 2 unspecified atom stereocenters. The zero-order valence-electron chi connectivity index (χ0n) is 15.6. The Labute approximate surface area is 155 Å². The summed E-state index contributed by atoms with van der Waals surface area (Å²) in [5.41, 5.74) is 1.68. The molecule has 1 N–H and O–H groups in total. The molecule has 0 aromatic heterocycles. The highest BCUT2D eigenvalue weighted by atomic mass is 16.6. The van der Waals surface area contributed by atoms with Gasteiger partial charge in [-0.25, -0.2) is 4.79 Å². The average molecular weight is 360 g/mol. The third-order valence-corrected chi connectivity index (χ3v) is 4.54. The minimum atomic E-state index is -0.511. The van der Waals surface area contributed by atoms with Gasteiger partial charge in [0.15, 0.2) is 0 Å². The SMILES string of the molecule is C=C(C)NCCOC(=O)N1CCCCC1C(C(=O)OC)c1ccccc1. The molecule has 0 radical (unpaired) electrons. The van der Waals surface area contributed by atoms with Gasteiger partial charge in [-0.15, -0.1) is 0 Å². The molecule has 1 aliphatic heterocycles. The Morgan fingerprint density at radius 3 is 2.69 bits per heavy atom. The molecule has 2 rings (SSSR count). The molecular weight excluding hydrogens is 332 g/mol. The Morgan fingerprint density at radius 2 is 2.04 bits per heavy atom. The van der Waals surface area contributed by atoms with Crippen molar-refractivity contribution < 1.29 is 19.1 Å². The van der Waals surface area contributed by atoms with Gasteiger partial charge in [0.1, 0.15) is 12.5 Å². The number of piperidine rings is 1. The van der Waals surface area contributed by atoms with Crippen LogP contribution in [0.4, 0.5) is 4.79 Å². The fourth-order valence-corrected chi connectivity index (χ4v) is 3.32. The second-order valence-electron chi connectivity index (χ2n) is 6.49. The van der Waals surface area contributed by atoms with Gasteiger partial charge in [-0.05, 0) is 31.7 Å².